The van der Waals surface area contributed by atoms with Crippen LogP contribution in [0.3, 0.4) is 0 Å². The minimum atomic E-state index is -0.131. The van der Waals surface area contributed by atoms with Crippen molar-refractivity contribution in [2.75, 3.05) is 19.0 Å². The number of aryl methyl sites for hydroxylation is 2. The van der Waals surface area contributed by atoms with Gasteiger partial charge >= 0.3 is 0 Å². The van der Waals surface area contributed by atoms with Gasteiger partial charge in [-0.3, -0.25) is 9.69 Å². The Hall–Kier alpha value is -2.33. The molecule has 1 N–H and O–H groups in total. The minimum Gasteiger partial charge on any atom is -0.483 e. The highest BCUT2D eigenvalue weighted by Gasteiger charge is 2.19. The lowest BCUT2D eigenvalue weighted by Gasteiger charge is -2.31. The second-order valence-electron chi connectivity index (χ2n) is 7.97. The van der Waals surface area contributed by atoms with Crippen LogP contribution in [0.4, 0.5) is 5.69 Å². The van der Waals surface area contributed by atoms with E-state index in [9.17, 15) is 4.79 Å². The van der Waals surface area contributed by atoms with E-state index in [0.717, 1.165) is 34.7 Å². The van der Waals surface area contributed by atoms with Crippen LogP contribution < -0.4 is 10.1 Å². The molecule has 0 bridgehead atoms. The maximum Gasteiger partial charge on any atom is 0.262 e. The average molecular weight is 381 g/mol. The summed E-state index contributed by atoms with van der Waals surface area (Å²) in [7, 11) is 2.19. The third-order valence-corrected chi connectivity index (χ3v) is 5.61. The van der Waals surface area contributed by atoms with E-state index in [1.807, 2.05) is 50.2 Å². The zero-order valence-electron chi connectivity index (χ0n) is 17.3. The highest BCUT2D eigenvalue weighted by molar-refractivity contribution is 5.92. The van der Waals surface area contributed by atoms with Gasteiger partial charge < -0.3 is 10.1 Å². The molecule has 2 aromatic rings. The van der Waals surface area contributed by atoms with Gasteiger partial charge in [-0.2, -0.15) is 0 Å². The Kier molecular flexibility index (Phi) is 7.10. The van der Waals surface area contributed by atoms with Crippen molar-refractivity contribution >= 4 is 11.6 Å². The third kappa shape index (κ3) is 5.59. The molecule has 0 aromatic heterocycles. The van der Waals surface area contributed by atoms with Crippen molar-refractivity contribution in [3.63, 3.8) is 0 Å². The summed E-state index contributed by atoms with van der Waals surface area (Å²) in [6, 6.07) is 14.7. The molecule has 2 aromatic carbocycles. The molecule has 28 heavy (non-hydrogen) atoms. The molecule has 1 fully saturated rings. The second-order valence-corrected chi connectivity index (χ2v) is 7.97. The van der Waals surface area contributed by atoms with Gasteiger partial charge in [-0.15, -0.1) is 0 Å². The van der Waals surface area contributed by atoms with Crippen molar-refractivity contribution in [1.29, 1.82) is 0 Å². The minimum absolute atomic E-state index is 0.0110. The predicted molar refractivity (Wildman–Crippen MR) is 115 cm³/mol. The molecule has 0 radical (unpaired) electrons. The van der Waals surface area contributed by atoms with E-state index in [0.29, 0.717) is 6.04 Å². The number of para-hydroxylation sites is 1. The molecule has 4 heteroatoms. The number of carbonyl (C=O) groups excluding carboxylic acids is 1. The number of benzene rings is 2. The number of hydrogen-bond donors (Lipinski definition) is 1. The third-order valence-electron chi connectivity index (χ3n) is 5.61. The van der Waals surface area contributed by atoms with E-state index in [-0.39, 0.29) is 12.5 Å². The first kappa shape index (κ1) is 20.4. The molecule has 1 aliphatic rings. The lowest BCUT2D eigenvalue weighted by molar-refractivity contribution is -0.118. The van der Waals surface area contributed by atoms with Crippen molar-refractivity contribution in [3.05, 3.63) is 59.2 Å². The fraction of sp³-hybridized carbons (Fsp3) is 0.458. The van der Waals surface area contributed by atoms with E-state index < -0.39 is 0 Å². The molecule has 3 rings (SSSR count). The van der Waals surface area contributed by atoms with Gasteiger partial charge in [-0.1, -0.05) is 49.6 Å². The summed E-state index contributed by atoms with van der Waals surface area (Å²) in [5.74, 6) is 0.633. The molecule has 0 atom stereocenters. The van der Waals surface area contributed by atoms with E-state index >= 15 is 0 Å². The summed E-state index contributed by atoms with van der Waals surface area (Å²) in [5, 5.41) is 3.03. The number of anilines is 1. The lowest BCUT2D eigenvalue weighted by Crippen LogP contribution is -2.33. The number of carbonyl (C=O) groups is 1. The number of rotatable bonds is 7. The summed E-state index contributed by atoms with van der Waals surface area (Å²) in [5.41, 5.74) is 4.18. The SMILES string of the molecule is Cc1ccc(C)c(OCC(=O)Nc2ccccc2CN(C)C2CCCCC2)c1. The molecule has 150 valence electrons. The molecule has 0 unspecified atom stereocenters. The Morgan fingerprint density at radius 2 is 1.86 bits per heavy atom. The van der Waals surface area contributed by atoms with Crippen LogP contribution in [-0.4, -0.2) is 30.5 Å². The molecule has 0 aliphatic heterocycles. The largest absolute Gasteiger partial charge is 0.483 e. The van der Waals surface area contributed by atoms with E-state index in [1.54, 1.807) is 0 Å². The van der Waals surface area contributed by atoms with Crippen LogP contribution in [-0.2, 0) is 11.3 Å². The smallest absolute Gasteiger partial charge is 0.262 e. The summed E-state index contributed by atoms with van der Waals surface area (Å²) >= 11 is 0. The van der Waals surface area contributed by atoms with Gasteiger partial charge in [0, 0.05) is 18.3 Å². The normalized spacial score (nSPS) is 14.9. The maximum atomic E-state index is 12.5. The topological polar surface area (TPSA) is 41.6 Å². The molecule has 0 spiro atoms. The van der Waals surface area contributed by atoms with Crippen LogP contribution in [0.15, 0.2) is 42.5 Å². The van der Waals surface area contributed by atoms with E-state index in [4.69, 9.17) is 4.74 Å². The number of nitrogens with zero attached hydrogens (tertiary/aromatic N) is 1. The summed E-state index contributed by atoms with van der Waals surface area (Å²) in [4.78, 5) is 14.9. The molecule has 0 saturated heterocycles. The number of nitrogens with one attached hydrogen (secondary N) is 1. The summed E-state index contributed by atoms with van der Waals surface area (Å²) in [6.07, 6.45) is 6.55. The van der Waals surface area contributed by atoms with Crippen molar-refractivity contribution < 1.29 is 9.53 Å². The van der Waals surface area contributed by atoms with Crippen LogP contribution in [0.2, 0.25) is 0 Å². The predicted octanol–water partition coefficient (Wildman–Crippen LogP) is 5.09. The van der Waals surface area contributed by atoms with Gasteiger partial charge in [0.15, 0.2) is 6.61 Å². The fourth-order valence-electron chi connectivity index (χ4n) is 3.89. The van der Waals surface area contributed by atoms with E-state index in [2.05, 4.69) is 23.3 Å². The molecule has 1 aliphatic carbocycles. The molecule has 1 amide bonds. The highest BCUT2D eigenvalue weighted by Crippen LogP contribution is 2.25. The Bertz CT molecular complexity index is 797. The number of hydrogen-bond acceptors (Lipinski definition) is 3. The Morgan fingerprint density at radius 1 is 1.11 bits per heavy atom. The Morgan fingerprint density at radius 3 is 2.64 bits per heavy atom. The molecule has 4 nitrogen and oxygen atoms in total. The molecule has 0 heterocycles. The summed E-state index contributed by atoms with van der Waals surface area (Å²) in [6.45, 7) is 4.87. The second kappa shape index (κ2) is 9.74. The Balaban J connectivity index is 1.59. The van der Waals surface area contributed by atoms with Crippen molar-refractivity contribution in [1.82, 2.24) is 4.90 Å². The standard InChI is InChI=1S/C24H32N2O2/c1-18-13-14-19(2)23(15-18)28-17-24(27)25-22-12-8-7-9-20(22)16-26(3)21-10-5-4-6-11-21/h7-9,12-15,21H,4-6,10-11,16-17H2,1-3H3,(H,25,27). The van der Waals surface area contributed by atoms with Gasteiger partial charge in [0.1, 0.15) is 5.75 Å². The quantitative estimate of drug-likeness (QED) is 0.728. The zero-order valence-corrected chi connectivity index (χ0v) is 17.3. The van der Waals surface area contributed by atoms with Gasteiger partial charge in [-0.05, 0) is 62.6 Å². The van der Waals surface area contributed by atoms with Gasteiger partial charge in [0.2, 0.25) is 0 Å². The monoisotopic (exact) mass is 380 g/mol. The van der Waals surface area contributed by atoms with Crippen LogP contribution in [0.25, 0.3) is 0 Å². The van der Waals surface area contributed by atoms with Crippen molar-refractivity contribution in [2.24, 2.45) is 0 Å². The first-order valence-electron chi connectivity index (χ1n) is 10.3. The fourth-order valence-corrected chi connectivity index (χ4v) is 3.89. The molecular weight excluding hydrogens is 348 g/mol. The first-order valence-corrected chi connectivity index (χ1v) is 10.3. The van der Waals surface area contributed by atoms with Crippen LogP contribution in [0.5, 0.6) is 5.75 Å². The highest BCUT2D eigenvalue weighted by atomic mass is 16.5. The van der Waals surface area contributed by atoms with Crippen LogP contribution in [0.1, 0.15) is 48.8 Å². The lowest BCUT2D eigenvalue weighted by atomic mass is 9.94. The van der Waals surface area contributed by atoms with Gasteiger partial charge in [0.25, 0.3) is 5.91 Å². The molecule has 1 saturated carbocycles. The number of ether oxygens (including phenoxy) is 1. The van der Waals surface area contributed by atoms with Crippen molar-refractivity contribution in [3.8, 4) is 5.75 Å². The van der Waals surface area contributed by atoms with Gasteiger partial charge in [0.05, 0.1) is 0 Å². The molecular formula is C24H32N2O2. The van der Waals surface area contributed by atoms with Crippen LogP contribution >= 0.6 is 0 Å². The average Bonchev–Trinajstić information content (AvgIpc) is 2.71. The van der Waals surface area contributed by atoms with E-state index in [1.165, 1.54) is 32.1 Å². The summed E-state index contributed by atoms with van der Waals surface area (Å²) < 4.78 is 5.75. The maximum absolute atomic E-state index is 12.5. The first-order chi connectivity index (χ1) is 13.5. The number of amides is 1. The van der Waals surface area contributed by atoms with Gasteiger partial charge in [-0.25, -0.2) is 0 Å². The van der Waals surface area contributed by atoms with Crippen molar-refractivity contribution in [2.45, 2.75) is 58.5 Å². The zero-order chi connectivity index (χ0) is 19.9. The Labute approximate surface area is 168 Å². The van der Waals surface area contributed by atoms with Crippen LogP contribution in [0, 0.1) is 13.8 Å².